The molecule has 2 rings (SSSR count). The van der Waals surface area contributed by atoms with Crippen LogP contribution in [0.3, 0.4) is 0 Å². The van der Waals surface area contributed by atoms with Gasteiger partial charge in [0, 0.05) is 18.2 Å². The van der Waals surface area contributed by atoms with Crippen LogP contribution in [0.2, 0.25) is 0 Å². The molecule has 1 N–H and O–H groups in total. The summed E-state index contributed by atoms with van der Waals surface area (Å²) in [4.78, 5) is 0. The lowest BCUT2D eigenvalue weighted by Gasteiger charge is -2.19. The van der Waals surface area contributed by atoms with Crippen molar-refractivity contribution < 1.29 is 13.7 Å². The van der Waals surface area contributed by atoms with Crippen LogP contribution < -0.4 is 5.32 Å². The van der Waals surface area contributed by atoms with Crippen LogP contribution in [0.15, 0.2) is 33.4 Å². The highest BCUT2D eigenvalue weighted by Gasteiger charge is 2.11. The van der Waals surface area contributed by atoms with Gasteiger partial charge < -0.3 is 19.0 Å². The molecule has 5 heteroatoms. The highest BCUT2D eigenvalue weighted by atomic mass is 16.5. The van der Waals surface area contributed by atoms with E-state index in [9.17, 15) is 0 Å². The van der Waals surface area contributed by atoms with E-state index in [1.807, 2.05) is 18.2 Å². The number of nitrogens with one attached hydrogen (secondary N) is 1. The smallest absolute Gasteiger partial charge is 0.162 e. The average Bonchev–Trinajstić information content (AvgIpc) is 2.97. The first-order valence-electron chi connectivity index (χ1n) is 6.32. The molecule has 0 saturated heterocycles. The molecular weight excluding hydrogens is 244 g/mol. The minimum absolute atomic E-state index is 0.0644. The van der Waals surface area contributed by atoms with Crippen LogP contribution in [0, 0.1) is 0 Å². The molecule has 0 atom stereocenters. The normalized spacial score (nSPS) is 11.9. The van der Waals surface area contributed by atoms with Crippen LogP contribution in [-0.4, -0.2) is 10.7 Å². The van der Waals surface area contributed by atoms with E-state index in [1.54, 1.807) is 6.26 Å². The molecule has 0 bridgehead atoms. The molecule has 19 heavy (non-hydrogen) atoms. The zero-order chi connectivity index (χ0) is 13.7. The predicted octanol–water partition coefficient (Wildman–Crippen LogP) is 2.87. The molecule has 0 fully saturated rings. The van der Waals surface area contributed by atoms with E-state index in [1.165, 1.54) is 0 Å². The lowest BCUT2D eigenvalue weighted by Crippen LogP contribution is -2.35. The molecule has 0 spiro atoms. The summed E-state index contributed by atoms with van der Waals surface area (Å²) >= 11 is 0. The van der Waals surface area contributed by atoms with Gasteiger partial charge >= 0.3 is 0 Å². The summed E-state index contributed by atoms with van der Waals surface area (Å²) < 4.78 is 15.9. The Balaban J connectivity index is 1.74. The first kappa shape index (κ1) is 13.8. The van der Waals surface area contributed by atoms with Gasteiger partial charge in [-0.3, -0.25) is 0 Å². The van der Waals surface area contributed by atoms with Gasteiger partial charge in [-0.15, -0.1) is 0 Å². The third kappa shape index (κ3) is 4.89. The van der Waals surface area contributed by atoms with Crippen molar-refractivity contribution in [1.82, 2.24) is 10.5 Å². The van der Waals surface area contributed by atoms with Crippen LogP contribution in [0.25, 0.3) is 0 Å². The maximum atomic E-state index is 5.47. The van der Waals surface area contributed by atoms with Crippen molar-refractivity contribution in [2.24, 2.45) is 0 Å². The van der Waals surface area contributed by atoms with Gasteiger partial charge in [0.2, 0.25) is 0 Å². The third-order valence-corrected chi connectivity index (χ3v) is 2.48. The van der Waals surface area contributed by atoms with Crippen molar-refractivity contribution in [3.8, 4) is 0 Å². The Morgan fingerprint density at radius 1 is 1.26 bits per heavy atom. The summed E-state index contributed by atoms with van der Waals surface area (Å²) in [5.74, 6) is 1.52. The summed E-state index contributed by atoms with van der Waals surface area (Å²) in [5, 5.41) is 7.35. The number of hydrogen-bond acceptors (Lipinski definition) is 5. The Morgan fingerprint density at radius 3 is 2.74 bits per heavy atom. The number of ether oxygens (including phenoxy) is 1. The maximum Gasteiger partial charge on any atom is 0.162 e. The lowest BCUT2D eigenvalue weighted by molar-refractivity contribution is 0.0763. The predicted molar refractivity (Wildman–Crippen MR) is 70.3 cm³/mol. The topological polar surface area (TPSA) is 60.4 Å². The average molecular weight is 264 g/mol. The van der Waals surface area contributed by atoms with E-state index in [2.05, 4.69) is 31.2 Å². The van der Waals surface area contributed by atoms with Crippen molar-refractivity contribution in [3.63, 3.8) is 0 Å². The fourth-order valence-corrected chi connectivity index (χ4v) is 1.51. The fourth-order valence-electron chi connectivity index (χ4n) is 1.51. The summed E-state index contributed by atoms with van der Waals surface area (Å²) in [7, 11) is 0. The fraction of sp³-hybridized carbons (Fsp3) is 0.500. The van der Waals surface area contributed by atoms with E-state index in [0.29, 0.717) is 19.8 Å². The number of aromatic nitrogens is 1. The third-order valence-electron chi connectivity index (χ3n) is 2.48. The van der Waals surface area contributed by atoms with Gasteiger partial charge in [0.05, 0.1) is 12.0 Å². The SMILES string of the molecule is CC(C)(C)NCc1cc(COCc2ccco2)on1. The van der Waals surface area contributed by atoms with E-state index >= 15 is 0 Å². The first-order chi connectivity index (χ1) is 9.03. The second-order valence-electron chi connectivity index (χ2n) is 5.46. The highest BCUT2D eigenvalue weighted by molar-refractivity contribution is 5.05. The molecule has 0 aliphatic carbocycles. The monoisotopic (exact) mass is 264 g/mol. The molecule has 0 unspecified atom stereocenters. The van der Waals surface area contributed by atoms with Gasteiger partial charge in [-0.2, -0.15) is 0 Å². The maximum absolute atomic E-state index is 5.47. The minimum atomic E-state index is 0.0644. The van der Waals surface area contributed by atoms with Crippen LogP contribution >= 0.6 is 0 Å². The molecule has 5 nitrogen and oxygen atoms in total. The molecule has 0 aliphatic heterocycles. The van der Waals surface area contributed by atoms with Gasteiger partial charge in [0.15, 0.2) is 5.76 Å². The molecule has 2 aromatic heterocycles. The number of nitrogens with zero attached hydrogens (tertiary/aromatic N) is 1. The van der Waals surface area contributed by atoms with Crippen molar-refractivity contribution in [2.75, 3.05) is 0 Å². The Hall–Kier alpha value is -1.59. The van der Waals surface area contributed by atoms with Crippen LogP contribution in [0.1, 0.15) is 38.0 Å². The number of rotatable bonds is 6. The van der Waals surface area contributed by atoms with E-state index in [-0.39, 0.29) is 5.54 Å². The molecule has 0 saturated carbocycles. The van der Waals surface area contributed by atoms with E-state index < -0.39 is 0 Å². The molecule has 0 radical (unpaired) electrons. The van der Waals surface area contributed by atoms with E-state index in [0.717, 1.165) is 17.2 Å². The van der Waals surface area contributed by atoms with Crippen molar-refractivity contribution in [2.45, 2.75) is 46.1 Å². The Bertz CT molecular complexity index is 483. The number of furan rings is 1. The summed E-state index contributed by atoms with van der Waals surface area (Å²) in [6.07, 6.45) is 1.63. The summed E-state index contributed by atoms with van der Waals surface area (Å²) in [6.45, 7) is 7.85. The summed E-state index contributed by atoms with van der Waals surface area (Å²) in [6, 6.07) is 5.61. The Labute approximate surface area is 112 Å². The van der Waals surface area contributed by atoms with Crippen molar-refractivity contribution in [1.29, 1.82) is 0 Å². The van der Waals surface area contributed by atoms with Crippen LogP contribution in [-0.2, 0) is 24.5 Å². The minimum Gasteiger partial charge on any atom is -0.467 e. The zero-order valence-corrected chi connectivity index (χ0v) is 11.6. The second-order valence-corrected chi connectivity index (χ2v) is 5.46. The quantitative estimate of drug-likeness (QED) is 0.869. The highest BCUT2D eigenvalue weighted by Crippen LogP contribution is 2.09. The van der Waals surface area contributed by atoms with Crippen molar-refractivity contribution >= 4 is 0 Å². The first-order valence-corrected chi connectivity index (χ1v) is 6.32. The molecule has 104 valence electrons. The van der Waals surface area contributed by atoms with Gasteiger partial charge in [-0.05, 0) is 32.9 Å². The molecule has 2 aromatic rings. The van der Waals surface area contributed by atoms with Gasteiger partial charge in [0.25, 0.3) is 0 Å². The molecule has 0 amide bonds. The van der Waals surface area contributed by atoms with Crippen LogP contribution in [0.5, 0.6) is 0 Å². The molecular formula is C14H20N2O3. The Kier molecular flexibility index (Phi) is 4.39. The van der Waals surface area contributed by atoms with Gasteiger partial charge in [0.1, 0.15) is 19.0 Å². The molecule has 2 heterocycles. The van der Waals surface area contributed by atoms with Crippen molar-refractivity contribution in [3.05, 3.63) is 41.7 Å². The largest absolute Gasteiger partial charge is 0.467 e. The summed E-state index contributed by atoms with van der Waals surface area (Å²) in [5.41, 5.74) is 0.945. The van der Waals surface area contributed by atoms with E-state index in [4.69, 9.17) is 13.7 Å². The zero-order valence-electron chi connectivity index (χ0n) is 11.6. The molecule has 0 aromatic carbocycles. The van der Waals surface area contributed by atoms with Crippen LogP contribution in [0.4, 0.5) is 0 Å². The number of hydrogen-bond donors (Lipinski definition) is 1. The van der Waals surface area contributed by atoms with Gasteiger partial charge in [-0.25, -0.2) is 0 Å². The second kappa shape index (κ2) is 6.04. The van der Waals surface area contributed by atoms with Gasteiger partial charge in [-0.1, -0.05) is 5.16 Å². The lowest BCUT2D eigenvalue weighted by atomic mass is 10.1. The Morgan fingerprint density at radius 2 is 2.05 bits per heavy atom. The standard InChI is InChI=1S/C14H20N2O3/c1-14(2,3)15-8-11-7-13(19-16-11)10-17-9-12-5-4-6-18-12/h4-7,15H,8-10H2,1-3H3. The molecule has 0 aliphatic rings.